The normalized spacial score (nSPS) is 10.8. The highest BCUT2D eigenvalue weighted by Crippen LogP contribution is 2.26. The van der Waals surface area contributed by atoms with Crippen LogP contribution in [0.5, 0.6) is 5.88 Å². The van der Waals surface area contributed by atoms with Crippen LogP contribution >= 0.6 is 0 Å². The van der Waals surface area contributed by atoms with Crippen molar-refractivity contribution >= 4 is 16.6 Å². The Hall–Kier alpha value is -4.17. The van der Waals surface area contributed by atoms with Gasteiger partial charge in [0.2, 0.25) is 5.88 Å². The molecule has 0 aliphatic carbocycles. The largest absolute Gasteiger partial charge is 0.494 e. The number of nitriles is 1. The van der Waals surface area contributed by atoms with Crippen molar-refractivity contribution < 1.29 is 9.90 Å². The fraction of sp³-hybridized carbons (Fsp3) is 0.148. The minimum Gasteiger partial charge on any atom is -0.494 e. The van der Waals surface area contributed by atoms with E-state index in [0.29, 0.717) is 6.42 Å². The molecule has 32 heavy (non-hydrogen) atoms. The number of aromatic hydroxyl groups is 1. The molecule has 3 aromatic carbocycles. The topological polar surface area (TPSA) is 83.1 Å². The lowest BCUT2D eigenvalue weighted by Gasteiger charge is -2.16. The first kappa shape index (κ1) is 21.1. The first-order chi connectivity index (χ1) is 15.5. The van der Waals surface area contributed by atoms with E-state index in [1.165, 1.54) is 6.92 Å². The third-order valence-electron chi connectivity index (χ3n) is 5.78. The summed E-state index contributed by atoms with van der Waals surface area (Å²) in [6.07, 6.45) is 0.538. The number of fused-ring (bicyclic) bond motifs is 1. The summed E-state index contributed by atoms with van der Waals surface area (Å²) in [4.78, 5) is 26.2. The number of hydrogen-bond donors (Lipinski definition) is 1. The van der Waals surface area contributed by atoms with Crippen molar-refractivity contribution in [3.63, 3.8) is 0 Å². The Morgan fingerprint density at radius 1 is 1.00 bits per heavy atom. The van der Waals surface area contributed by atoms with Crippen LogP contribution in [0, 0.1) is 18.3 Å². The summed E-state index contributed by atoms with van der Waals surface area (Å²) in [7, 11) is 0. The van der Waals surface area contributed by atoms with Gasteiger partial charge < -0.3 is 5.11 Å². The van der Waals surface area contributed by atoms with Crippen LogP contribution in [0.1, 0.15) is 32.6 Å². The highest BCUT2D eigenvalue weighted by molar-refractivity contribution is 6.03. The lowest BCUT2D eigenvalue weighted by Crippen LogP contribution is -2.27. The second-order valence-electron chi connectivity index (χ2n) is 7.74. The Balaban J connectivity index is 1.75. The zero-order valence-corrected chi connectivity index (χ0v) is 17.7. The molecule has 0 bridgehead atoms. The second kappa shape index (κ2) is 8.91. The van der Waals surface area contributed by atoms with Crippen LogP contribution in [0.4, 0.5) is 0 Å². The van der Waals surface area contributed by atoms with E-state index in [9.17, 15) is 20.0 Å². The monoisotopic (exact) mass is 422 g/mol. The van der Waals surface area contributed by atoms with E-state index in [4.69, 9.17) is 0 Å². The minimum absolute atomic E-state index is 0.0298. The molecule has 1 aromatic heterocycles. The van der Waals surface area contributed by atoms with E-state index in [0.717, 1.165) is 26.5 Å². The van der Waals surface area contributed by atoms with Crippen LogP contribution in [0.2, 0.25) is 0 Å². The van der Waals surface area contributed by atoms with Gasteiger partial charge in [0.15, 0.2) is 5.78 Å². The third-order valence-corrected chi connectivity index (χ3v) is 5.78. The molecule has 158 valence electrons. The highest BCUT2D eigenvalue weighted by atomic mass is 16.3. The van der Waals surface area contributed by atoms with Gasteiger partial charge in [0.05, 0.1) is 5.56 Å². The number of ketones is 1. The van der Waals surface area contributed by atoms with Crippen LogP contribution in [-0.4, -0.2) is 15.5 Å². The SMILES string of the molecule is Cc1c(C(=O)Cc2cccc3ccccc23)c(O)n(CCc2ccccc2)c(=O)c1C#N. The number of nitrogens with zero attached hydrogens (tertiary/aromatic N) is 2. The van der Waals surface area contributed by atoms with Gasteiger partial charge in [-0.25, -0.2) is 0 Å². The molecule has 0 amide bonds. The van der Waals surface area contributed by atoms with Gasteiger partial charge in [0.25, 0.3) is 5.56 Å². The van der Waals surface area contributed by atoms with E-state index >= 15 is 0 Å². The van der Waals surface area contributed by atoms with Crippen molar-refractivity contribution in [2.75, 3.05) is 0 Å². The molecule has 0 unspecified atom stereocenters. The maximum atomic E-state index is 13.3. The van der Waals surface area contributed by atoms with E-state index in [1.54, 1.807) is 0 Å². The first-order valence-corrected chi connectivity index (χ1v) is 10.4. The van der Waals surface area contributed by atoms with Crippen molar-refractivity contribution in [2.24, 2.45) is 0 Å². The minimum atomic E-state index is -0.583. The fourth-order valence-corrected chi connectivity index (χ4v) is 4.09. The van der Waals surface area contributed by atoms with E-state index in [1.807, 2.05) is 78.9 Å². The lowest BCUT2D eigenvalue weighted by atomic mass is 9.94. The number of hydrogen-bond acceptors (Lipinski definition) is 4. The van der Waals surface area contributed by atoms with Crippen LogP contribution in [0.15, 0.2) is 77.6 Å². The summed E-state index contributed by atoms with van der Waals surface area (Å²) in [6, 6.07) is 25.0. The summed E-state index contributed by atoms with van der Waals surface area (Å²) < 4.78 is 1.13. The summed E-state index contributed by atoms with van der Waals surface area (Å²) in [6.45, 7) is 1.70. The predicted octanol–water partition coefficient (Wildman–Crippen LogP) is 4.56. The van der Waals surface area contributed by atoms with Crippen LogP contribution in [0.3, 0.4) is 0 Å². The van der Waals surface area contributed by atoms with Gasteiger partial charge in [0, 0.05) is 13.0 Å². The highest BCUT2D eigenvalue weighted by Gasteiger charge is 2.24. The zero-order chi connectivity index (χ0) is 22.7. The number of rotatable bonds is 6. The zero-order valence-electron chi connectivity index (χ0n) is 17.7. The number of carbonyl (C=O) groups is 1. The van der Waals surface area contributed by atoms with Gasteiger partial charge in [-0.15, -0.1) is 0 Å². The van der Waals surface area contributed by atoms with Crippen molar-refractivity contribution in [1.29, 1.82) is 5.26 Å². The average molecular weight is 422 g/mol. The van der Waals surface area contributed by atoms with Gasteiger partial charge >= 0.3 is 0 Å². The second-order valence-corrected chi connectivity index (χ2v) is 7.74. The fourth-order valence-electron chi connectivity index (χ4n) is 4.09. The van der Waals surface area contributed by atoms with Crippen molar-refractivity contribution in [3.05, 3.63) is 111 Å². The quantitative estimate of drug-likeness (QED) is 0.462. The maximum absolute atomic E-state index is 13.3. The van der Waals surface area contributed by atoms with Crippen LogP contribution in [-0.2, 0) is 19.4 Å². The molecule has 0 atom stereocenters. The standard InChI is InChI=1S/C27H22N2O3/c1-18-23(17-28)26(31)29(15-14-19-8-3-2-4-9-19)27(32)25(18)24(30)16-21-12-7-11-20-10-5-6-13-22(20)21/h2-13,32H,14-16H2,1H3. The van der Waals surface area contributed by atoms with Crippen molar-refractivity contribution in [1.82, 2.24) is 4.57 Å². The number of aryl methyl sites for hydroxylation is 1. The molecule has 0 spiro atoms. The molecule has 0 radical (unpaired) electrons. The summed E-state index contributed by atoms with van der Waals surface area (Å²) in [5.41, 5.74) is 1.37. The van der Waals surface area contributed by atoms with Crippen LogP contribution < -0.4 is 5.56 Å². The number of benzene rings is 3. The number of Topliss-reactive ketones (excluding diaryl/α,β-unsaturated/α-hetero) is 1. The van der Waals surface area contributed by atoms with Crippen molar-refractivity contribution in [3.8, 4) is 11.9 Å². The van der Waals surface area contributed by atoms with Gasteiger partial charge in [-0.3, -0.25) is 14.2 Å². The lowest BCUT2D eigenvalue weighted by molar-refractivity contribution is 0.0988. The molecule has 1 heterocycles. The van der Waals surface area contributed by atoms with E-state index < -0.39 is 5.56 Å². The van der Waals surface area contributed by atoms with E-state index in [-0.39, 0.29) is 41.3 Å². The molecule has 0 fully saturated rings. The molecule has 5 heteroatoms. The van der Waals surface area contributed by atoms with Crippen LogP contribution in [0.25, 0.3) is 10.8 Å². The molecule has 0 aliphatic rings. The summed E-state index contributed by atoms with van der Waals surface area (Å²) in [5, 5.41) is 22.5. The average Bonchev–Trinajstić information content (AvgIpc) is 2.80. The number of aromatic nitrogens is 1. The predicted molar refractivity (Wildman–Crippen MR) is 124 cm³/mol. The van der Waals surface area contributed by atoms with E-state index in [2.05, 4.69) is 0 Å². The molecular weight excluding hydrogens is 400 g/mol. The van der Waals surface area contributed by atoms with Crippen molar-refractivity contribution in [2.45, 2.75) is 26.3 Å². The molecule has 0 aliphatic heterocycles. The Kier molecular flexibility index (Phi) is 5.87. The summed E-state index contributed by atoms with van der Waals surface area (Å²) >= 11 is 0. The van der Waals surface area contributed by atoms with Gasteiger partial charge in [-0.05, 0) is 40.8 Å². The molecule has 5 nitrogen and oxygen atoms in total. The Bertz CT molecular complexity index is 1410. The molecule has 4 rings (SSSR count). The third kappa shape index (κ3) is 3.91. The Morgan fingerprint density at radius 2 is 1.69 bits per heavy atom. The number of carbonyl (C=O) groups excluding carboxylic acids is 1. The maximum Gasteiger partial charge on any atom is 0.271 e. The molecule has 0 saturated heterocycles. The Labute approximate surface area is 185 Å². The molecule has 1 N–H and O–H groups in total. The van der Waals surface area contributed by atoms with Gasteiger partial charge in [0.1, 0.15) is 11.6 Å². The molecular formula is C27H22N2O3. The molecule has 0 saturated carbocycles. The van der Waals surface area contributed by atoms with Gasteiger partial charge in [-0.2, -0.15) is 5.26 Å². The smallest absolute Gasteiger partial charge is 0.271 e. The summed E-state index contributed by atoms with van der Waals surface area (Å²) in [5.74, 6) is -0.714. The molecule has 4 aromatic rings. The first-order valence-electron chi connectivity index (χ1n) is 10.4. The Morgan fingerprint density at radius 3 is 2.44 bits per heavy atom. The number of pyridine rings is 1. The van der Waals surface area contributed by atoms with Gasteiger partial charge in [-0.1, -0.05) is 72.8 Å².